The van der Waals surface area contributed by atoms with Gasteiger partial charge in [-0.1, -0.05) is 67.4 Å². The number of unbranched alkanes of at least 4 members (excludes halogenated alkanes) is 4. The van der Waals surface area contributed by atoms with Gasteiger partial charge in [0.2, 0.25) is 11.5 Å². The highest BCUT2D eigenvalue weighted by Crippen LogP contribution is 2.56. The molecule has 0 saturated carbocycles. The van der Waals surface area contributed by atoms with Crippen molar-refractivity contribution in [1.82, 2.24) is 0 Å². The van der Waals surface area contributed by atoms with E-state index in [0.29, 0.717) is 12.0 Å². The second-order valence-electron chi connectivity index (χ2n) is 9.93. The van der Waals surface area contributed by atoms with Crippen LogP contribution in [0.5, 0.6) is 23.0 Å². The summed E-state index contributed by atoms with van der Waals surface area (Å²) in [5.74, 6) is 0.468. The highest BCUT2D eigenvalue weighted by Gasteiger charge is 2.44. The van der Waals surface area contributed by atoms with Crippen molar-refractivity contribution in [2.75, 3.05) is 20.4 Å². The molecule has 2 N–H and O–H groups in total. The Labute approximate surface area is 233 Å². The first-order valence-electron chi connectivity index (χ1n) is 13.7. The molecule has 4 rings (SSSR count). The number of rotatable bonds is 13. The van der Waals surface area contributed by atoms with E-state index in [1.165, 1.54) is 30.1 Å². The number of aromatic hydroxyl groups is 2. The number of phenols is 2. The van der Waals surface area contributed by atoms with Gasteiger partial charge < -0.3 is 19.7 Å². The average Bonchev–Trinajstić information content (AvgIpc) is 2.99. The molecule has 0 amide bonds. The van der Waals surface area contributed by atoms with E-state index in [9.17, 15) is 10.2 Å². The van der Waals surface area contributed by atoms with Crippen LogP contribution >= 0.6 is 7.26 Å². The van der Waals surface area contributed by atoms with E-state index >= 15 is 0 Å². The lowest BCUT2D eigenvalue weighted by molar-refractivity contribution is 0.313. The Morgan fingerprint density at radius 3 is 1.44 bits per heavy atom. The predicted octanol–water partition coefficient (Wildman–Crippen LogP) is 6.91. The topological polar surface area (TPSA) is 58.9 Å². The van der Waals surface area contributed by atoms with Crippen molar-refractivity contribution in [3.05, 3.63) is 102 Å². The molecule has 4 aromatic rings. The Balaban J connectivity index is 1.44. The maximum Gasteiger partial charge on any atom is 0.207 e. The molecular weight excluding hydrogens is 503 g/mol. The lowest BCUT2D eigenvalue weighted by Crippen LogP contribution is -2.33. The van der Waals surface area contributed by atoms with Gasteiger partial charge in [0.25, 0.3) is 0 Å². The quantitative estimate of drug-likeness (QED) is 0.109. The normalized spacial score (nSPS) is 11.4. The summed E-state index contributed by atoms with van der Waals surface area (Å²) in [5, 5.41) is 25.6. The first kappa shape index (κ1) is 28.5. The summed E-state index contributed by atoms with van der Waals surface area (Å²) >= 11 is 0. The largest absolute Gasteiger partial charge is 0.504 e. The van der Waals surface area contributed by atoms with Crippen molar-refractivity contribution in [2.45, 2.75) is 45.4 Å². The predicted molar refractivity (Wildman–Crippen MR) is 164 cm³/mol. The first-order chi connectivity index (χ1) is 19.0. The van der Waals surface area contributed by atoms with Crippen LogP contribution in [0.1, 0.15) is 43.2 Å². The number of hydrogen-bond acceptors (Lipinski definition) is 4. The van der Waals surface area contributed by atoms with Crippen molar-refractivity contribution in [2.24, 2.45) is 0 Å². The van der Waals surface area contributed by atoms with E-state index in [4.69, 9.17) is 9.47 Å². The summed E-state index contributed by atoms with van der Waals surface area (Å²) in [7, 11) is 1.15. The van der Waals surface area contributed by atoms with Crippen LogP contribution in [0.15, 0.2) is 91.0 Å². The number of phenolic OH excluding ortho intramolecular Hbond substituents is 2. The van der Waals surface area contributed by atoms with Crippen LogP contribution in [-0.4, -0.2) is 30.6 Å². The minimum absolute atomic E-state index is 0.0326. The summed E-state index contributed by atoms with van der Waals surface area (Å²) in [4.78, 5) is 0. The molecule has 0 aliphatic heterocycles. The molecule has 0 atom stereocenters. The molecular formula is C34H40O4P+. The zero-order chi connectivity index (χ0) is 27.7. The highest BCUT2D eigenvalue weighted by atomic mass is 31.2. The number of benzene rings is 4. The summed E-state index contributed by atoms with van der Waals surface area (Å²) in [6, 6.07) is 33.1. The maximum atomic E-state index is 10.7. The van der Waals surface area contributed by atoms with Gasteiger partial charge in [-0.3, -0.25) is 0 Å². The fourth-order valence-corrected chi connectivity index (χ4v) is 10.0. The number of methoxy groups -OCH3 is 2. The molecule has 204 valence electrons. The van der Waals surface area contributed by atoms with Gasteiger partial charge >= 0.3 is 0 Å². The van der Waals surface area contributed by atoms with Crippen molar-refractivity contribution in [1.29, 1.82) is 0 Å². The molecule has 0 aromatic heterocycles. The summed E-state index contributed by atoms with van der Waals surface area (Å²) in [5.41, 5.74) is 1.38. The molecule has 0 bridgehead atoms. The van der Waals surface area contributed by atoms with Crippen molar-refractivity contribution in [3.63, 3.8) is 0 Å². The van der Waals surface area contributed by atoms with E-state index < -0.39 is 7.26 Å². The summed E-state index contributed by atoms with van der Waals surface area (Å²) in [6.45, 7) is 1.81. The van der Waals surface area contributed by atoms with Crippen molar-refractivity contribution in [3.8, 4) is 23.0 Å². The molecule has 5 heteroatoms. The van der Waals surface area contributed by atoms with Gasteiger partial charge in [-0.15, -0.1) is 0 Å². The number of hydrogen-bond donors (Lipinski definition) is 2. The van der Waals surface area contributed by atoms with Gasteiger partial charge in [0.15, 0.2) is 11.5 Å². The Morgan fingerprint density at radius 1 is 0.564 bits per heavy atom. The Bertz CT molecular complexity index is 1230. The van der Waals surface area contributed by atoms with Crippen LogP contribution in [0.4, 0.5) is 0 Å². The molecule has 0 aliphatic rings. The molecule has 4 nitrogen and oxygen atoms in total. The second-order valence-corrected chi connectivity index (χ2v) is 13.5. The van der Waals surface area contributed by atoms with Gasteiger partial charge in [-0.2, -0.15) is 0 Å². The molecule has 0 radical (unpaired) electrons. The Morgan fingerprint density at radius 2 is 0.974 bits per heavy atom. The van der Waals surface area contributed by atoms with Crippen LogP contribution < -0.4 is 25.4 Å². The molecule has 0 aliphatic carbocycles. The van der Waals surface area contributed by atoms with E-state index in [0.717, 1.165) is 43.8 Å². The Hall–Kier alpha value is -3.49. The second kappa shape index (κ2) is 13.5. The van der Waals surface area contributed by atoms with Crippen LogP contribution in [0.3, 0.4) is 0 Å². The van der Waals surface area contributed by atoms with E-state index in [1.807, 2.05) is 6.92 Å². The van der Waals surface area contributed by atoms with Crippen LogP contribution in [0.2, 0.25) is 0 Å². The third kappa shape index (κ3) is 6.07. The molecule has 0 spiro atoms. The smallest absolute Gasteiger partial charge is 0.207 e. The highest BCUT2D eigenvalue weighted by molar-refractivity contribution is 7.95. The fourth-order valence-electron chi connectivity index (χ4n) is 5.59. The Kier molecular flexibility index (Phi) is 9.90. The molecule has 0 saturated heterocycles. The first-order valence-corrected chi connectivity index (χ1v) is 15.7. The van der Waals surface area contributed by atoms with Gasteiger partial charge in [0.1, 0.15) is 23.2 Å². The van der Waals surface area contributed by atoms with Crippen LogP contribution in [-0.2, 0) is 6.42 Å². The average molecular weight is 544 g/mol. The van der Waals surface area contributed by atoms with Gasteiger partial charge in [-0.05, 0) is 69.0 Å². The molecule has 0 unspecified atom stereocenters. The van der Waals surface area contributed by atoms with Crippen molar-refractivity contribution >= 4 is 23.2 Å². The SMILES string of the molecule is COc1c(O)c(C)c(CCCCCCC[P+](c2ccccc2)(c2ccccc2)c2ccccc2)c(O)c1OC. The number of ether oxygens (including phenoxy) is 2. The van der Waals surface area contributed by atoms with E-state index in [2.05, 4.69) is 91.0 Å². The zero-order valence-corrected chi connectivity index (χ0v) is 24.2. The van der Waals surface area contributed by atoms with Crippen LogP contribution in [0.25, 0.3) is 0 Å². The maximum absolute atomic E-state index is 10.7. The van der Waals surface area contributed by atoms with E-state index in [-0.39, 0.29) is 23.0 Å². The monoisotopic (exact) mass is 543 g/mol. The summed E-state index contributed by atoms with van der Waals surface area (Å²) in [6.07, 6.45) is 7.22. The summed E-state index contributed by atoms with van der Waals surface area (Å²) < 4.78 is 10.6. The van der Waals surface area contributed by atoms with Crippen LogP contribution in [0, 0.1) is 6.92 Å². The van der Waals surface area contributed by atoms with Crippen molar-refractivity contribution < 1.29 is 19.7 Å². The minimum Gasteiger partial charge on any atom is -0.504 e. The third-order valence-electron chi connectivity index (χ3n) is 7.65. The van der Waals surface area contributed by atoms with Gasteiger partial charge in [0, 0.05) is 11.1 Å². The molecule has 0 heterocycles. The van der Waals surface area contributed by atoms with Gasteiger partial charge in [-0.25, -0.2) is 0 Å². The van der Waals surface area contributed by atoms with Gasteiger partial charge in [0.05, 0.1) is 20.4 Å². The fraction of sp³-hybridized carbons (Fsp3) is 0.294. The lowest BCUT2D eigenvalue weighted by Gasteiger charge is -2.27. The molecule has 0 fully saturated rings. The molecule has 39 heavy (non-hydrogen) atoms. The lowest BCUT2D eigenvalue weighted by atomic mass is 9.98. The minimum atomic E-state index is -1.78. The van der Waals surface area contributed by atoms with E-state index in [1.54, 1.807) is 0 Å². The third-order valence-corrected chi connectivity index (χ3v) is 12.2. The zero-order valence-electron chi connectivity index (χ0n) is 23.3. The standard InChI is InChI=1S/C34H39O4P/c1-26-30(32(36)34(38-3)33(37-2)31(26)35)24-16-5-4-6-17-25-39(27-18-10-7-11-19-27,28-20-12-8-13-21-28)29-22-14-9-15-23-29/h7-15,18-23H,4-6,16-17,24-25H2,1-3H3,(H-,35,36)/p+1. The molecule has 4 aromatic carbocycles.